The van der Waals surface area contributed by atoms with E-state index in [0.29, 0.717) is 11.3 Å². The van der Waals surface area contributed by atoms with Gasteiger partial charge in [-0.15, -0.1) is 0 Å². The molecular weight excluding hydrogens is 322 g/mol. The van der Waals surface area contributed by atoms with Gasteiger partial charge in [0.15, 0.2) is 5.70 Å². The van der Waals surface area contributed by atoms with Crippen LogP contribution < -0.4 is 4.90 Å². The van der Waals surface area contributed by atoms with Crippen LogP contribution >= 0.6 is 0 Å². The fraction of sp³-hybridized carbons (Fsp3) is 0.111. The monoisotopic (exact) mass is 337 g/mol. The number of cyclic esters (lactones) is 1. The van der Waals surface area contributed by atoms with Gasteiger partial charge in [0, 0.05) is 25.7 Å². The minimum atomic E-state index is -0.585. The number of carbonyl (C=O) groups excluding carboxylic acids is 1. The van der Waals surface area contributed by atoms with Crippen molar-refractivity contribution in [1.82, 2.24) is 0 Å². The van der Waals surface area contributed by atoms with E-state index in [4.69, 9.17) is 4.74 Å². The zero-order chi connectivity index (χ0) is 18.0. The first kappa shape index (κ1) is 16.4. The Morgan fingerprint density at radius 3 is 2.52 bits per heavy atom. The molecule has 0 saturated carbocycles. The summed E-state index contributed by atoms with van der Waals surface area (Å²) in [6.07, 6.45) is 1.61. The van der Waals surface area contributed by atoms with Gasteiger partial charge in [-0.05, 0) is 23.8 Å². The molecule has 0 fully saturated rings. The number of anilines is 1. The average molecular weight is 337 g/mol. The second kappa shape index (κ2) is 6.56. The summed E-state index contributed by atoms with van der Waals surface area (Å²) in [7, 11) is 3.44. The molecule has 0 aliphatic carbocycles. The first-order valence-corrected chi connectivity index (χ1v) is 7.49. The SMILES string of the molecule is CN(C)c1ccc(C2=N/C(=C/c3ccccc3)C(=O)O2)cc1[N+](=O)[O-]. The Morgan fingerprint density at radius 1 is 1.16 bits per heavy atom. The van der Waals surface area contributed by atoms with E-state index in [1.807, 2.05) is 30.3 Å². The van der Waals surface area contributed by atoms with Crippen molar-refractivity contribution >= 4 is 29.3 Å². The summed E-state index contributed by atoms with van der Waals surface area (Å²) in [6, 6.07) is 13.8. The molecule has 0 aromatic heterocycles. The molecule has 3 rings (SSSR count). The van der Waals surface area contributed by atoms with E-state index in [2.05, 4.69) is 4.99 Å². The molecule has 0 bridgehead atoms. The van der Waals surface area contributed by atoms with Gasteiger partial charge >= 0.3 is 5.97 Å². The Labute approximate surface area is 144 Å². The highest BCUT2D eigenvalue weighted by molar-refractivity contribution is 6.13. The Bertz CT molecular complexity index is 902. The Hall–Kier alpha value is -3.48. The minimum Gasteiger partial charge on any atom is -0.402 e. The summed E-state index contributed by atoms with van der Waals surface area (Å²) in [5.41, 5.74) is 1.72. The molecule has 7 nitrogen and oxygen atoms in total. The van der Waals surface area contributed by atoms with E-state index in [1.165, 1.54) is 6.07 Å². The number of ether oxygens (including phenoxy) is 1. The molecule has 1 aliphatic heterocycles. The van der Waals surface area contributed by atoms with E-state index >= 15 is 0 Å². The van der Waals surface area contributed by atoms with Crippen molar-refractivity contribution in [3.8, 4) is 0 Å². The number of rotatable bonds is 4. The van der Waals surface area contributed by atoms with Crippen molar-refractivity contribution in [2.45, 2.75) is 0 Å². The van der Waals surface area contributed by atoms with Gasteiger partial charge in [-0.1, -0.05) is 30.3 Å². The molecule has 0 N–H and O–H groups in total. The molecule has 1 heterocycles. The standard InChI is InChI=1S/C18H15N3O4/c1-20(2)15-9-8-13(11-16(15)21(23)24)17-19-14(18(22)25-17)10-12-6-4-3-5-7-12/h3-11H,1-2H3/b14-10+. The fourth-order valence-corrected chi connectivity index (χ4v) is 2.42. The highest BCUT2D eigenvalue weighted by Crippen LogP contribution is 2.29. The number of hydrogen-bond acceptors (Lipinski definition) is 6. The fourth-order valence-electron chi connectivity index (χ4n) is 2.42. The maximum Gasteiger partial charge on any atom is 0.363 e. The zero-order valence-corrected chi connectivity index (χ0v) is 13.7. The molecule has 7 heteroatoms. The molecule has 0 atom stereocenters. The van der Waals surface area contributed by atoms with Crippen LogP contribution in [0, 0.1) is 10.1 Å². The molecule has 2 aromatic carbocycles. The average Bonchev–Trinajstić information content (AvgIpc) is 2.96. The molecule has 25 heavy (non-hydrogen) atoms. The third kappa shape index (κ3) is 3.40. The summed E-state index contributed by atoms with van der Waals surface area (Å²) < 4.78 is 5.17. The number of nitro benzene ring substituents is 1. The van der Waals surface area contributed by atoms with Crippen molar-refractivity contribution in [2.24, 2.45) is 4.99 Å². The molecule has 1 aliphatic rings. The Kier molecular flexibility index (Phi) is 4.30. The molecule has 0 amide bonds. The van der Waals surface area contributed by atoms with Gasteiger partial charge in [-0.2, -0.15) is 0 Å². The number of benzene rings is 2. The third-order valence-electron chi connectivity index (χ3n) is 3.62. The maximum atomic E-state index is 12.0. The molecule has 0 saturated heterocycles. The highest BCUT2D eigenvalue weighted by atomic mass is 16.6. The molecule has 0 spiro atoms. The number of esters is 1. The van der Waals surface area contributed by atoms with Crippen LogP contribution in [0.4, 0.5) is 11.4 Å². The summed E-state index contributed by atoms with van der Waals surface area (Å²) >= 11 is 0. The van der Waals surface area contributed by atoms with Gasteiger partial charge in [0.2, 0.25) is 5.90 Å². The summed E-state index contributed by atoms with van der Waals surface area (Å²) in [6.45, 7) is 0. The number of nitro groups is 1. The van der Waals surface area contributed by atoms with Crippen LogP contribution in [0.1, 0.15) is 11.1 Å². The highest BCUT2D eigenvalue weighted by Gasteiger charge is 2.26. The molecule has 0 unspecified atom stereocenters. The van der Waals surface area contributed by atoms with Gasteiger partial charge in [-0.3, -0.25) is 10.1 Å². The van der Waals surface area contributed by atoms with Crippen molar-refractivity contribution in [3.63, 3.8) is 0 Å². The quantitative estimate of drug-likeness (QED) is 0.370. The second-order valence-corrected chi connectivity index (χ2v) is 5.60. The number of aliphatic imine (C=N–C) groups is 1. The molecule has 0 radical (unpaired) electrons. The normalized spacial score (nSPS) is 15.0. The zero-order valence-electron chi connectivity index (χ0n) is 13.7. The lowest BCUT2D eigenvalue weighted by Crippen LogP contribution is -2.12. The molecular formula is C18H15N3O4. The summed E-state index contributed by atoms with van der Waals surface area (Å²) in [5.74, 6) is -0.529. The minimum absolute atomic E-state index is 0.0561. The van der Waals surface area contributed by atoms with E-state index in [0.717, 1.165) is 5.56 Å². The first-order valence-electron chi connectivity index (χ1n) is 7.49. The van der Waals surface area contributed by atoms with Crippen molar-refractivity contribution < 1.29 is 14.5 Å². The molecule has 126 valence electrons. The van der Waals surface area contributed by atoms with Crippen LogP contribution in [0.3, 0.4) is 0 Å². The number of carbonyl (C=O) groups is 1. The number of nitrogens with zero attached hydrogens (tertiary/aromatic N) is 3. The van der Waals surface area contributed by atoms with E-state index < -0.39 is 10.9 Å². The van der Waals surface area contributed by atoms with Gasteiger partial charge in [-0.25, -0.2) is 9.79 Å². The summed E-state index contributed by atoms with van der Waals surface area (Å²) in [4.78, 5) is 28.6. The van der Waals surface area contributed by atoms with Gasteiger partial charge in [0.05, 0.1) is 4.92 Å². The van der Waals surface area contributed by atoms with E-state index in [1.54, 1.807) is 37.2 Å². The van der Waals surface area contributed by atoms with Crippen LogP contribution in [-0.4, -0.2) is 30.9 Å². The van der Waals surface area contributed by atoms with Crippen LogP contribution in [0.25, 0.3) is 6.08 Å². The summed E-state index contributed by atoms with van der Waals surface area (Å²) in [5, 5.41) is 11.3. The smallest absolute Gasteiger partial charge is 0.363 e. The van der Waals surface area contributed by atoms with Gasteiger partial charge < -0.3 is 9.64 Å². The van der Waals surface area contributed by atoms with Crippen molar-refractivity contribution in [2.75, 3.05) is 19.0 Å². The third-order valence-corrected chi connectivity index (χ3v) is 3.62. The molecule has 2 aromatic rings. The first-order chi connectivity index (χ1) is 12.0. The lowest BCUT2D eigenvalue weighted by molar-refractivity contribution is -0.384. The predicted octanol–water partition coefficient (Wildman–Crippen LogP) is 3.01. The van der Waals surface area contributed by atoms with Crippen molar-refractivity contribution in [1.29, 1.82) is 0 Å². The van der Waals surface area contributed by atoms with Crippen LogP contribution in [0.15, 0.2) is 59.2 Å². The topological polar surface area (TPSA) is 85.0 Å². The van der Waals surface area contributed by atoms with Crippen LogP contribution in [0.2, 0.25) is 0 Å². The van der Waals surface area contributed by atoms with Gasteiger partial charge in [0.1, 0.15) is 5.69 Å². The lowest BCUT2D eigenvalue weighted by Gasteiger charge is -2.13. The van der Waals surface area contributed by atoms with Gasteiger partial charge in [0.25, 0.3) is 5.69 Å². The van der Waals surface area contributed by atoms with Crippen molar-refractivity contribution in [3.05, 3.63) is 75.5 Å². The maximum absolute atomic E-state index is 12.0. The van der Waals surface area contributed by atoms with Crippen LogP contribution in [-0.2, 0) is 9.53 Å². The second-order valence-electron chi connectivity index (χ2n) is 5.60. The number of hydrogen-bond donors (Lipinski definition) is 0. The van der Waals surface area contributed by atoms with E-state index in [-0.39, 0.29) is 17.3 Å². The Balaban J connectivity index is 1.99. The predicted molar refractivity (Wildman–Crippen MR) is 94.5 cm³/mol. The largest absolute Gasteiger partial charge is 0.402 e. The Morgan fingerprint density at radius 2 is 1.88 bits per heavy atom. The van der Waals surface area contributed by atoms with E-state index in [9.17, 15) is 14.9 Å². The van der Waals surface area contributed by atoms with Crippen LogP contribution in [0.5, 0.6) is 0 Å². The lowest BCUT2D eigenvalue weighted by atomic mass is 10.1.